The molecular formula is C61H88N2O7S2. The Bertz CT molecular complexity index is 1860. The lowest BCUT2D eigenvalue weighted by Crippen LogP contribution is -2.42. The van der Waals surface area contributed by atoms with Gasteiger partial charge in [0.1, 0.15) is 17.5 Å². The van der Waals surface area contributed by atoms with Crippen molar-refractivity contribution in [3.05, 3.63) is 131 Å². The summed E-state index contributed by atoms with van der Waals surface area (Å²) in [7, 11) is 0. The monoisotopic (exact) mass is 1020 g/mol. The first-order valence-electron chi connectivity index (χ1n) is 27.2. The second-order valence-electron chi connectivity index (χ2n) is 18.7. The maximum absolute atomic E-state index is 12.4. The average Bonchev–Trinajstić information content (AvgIpc) is 3.40. The quantitative estimate of drug-likeness (QED) is 0.0373. The van der Waals surface area contributed by atoms with E-state index in [0.29, 0.717) is 30.8 Å². The number of unbranched alkanes of at least 4 members (excludes halogenated alkanes) is 18. The van der Waals surface area contributed by atoms with Crippen LogP contribution >= 0.6 is 23.5 Å². The lowest BCUT2D eigenvalue weighted by Gasteiger charge is -2.16. The van der Waals surface area contributed by atoms with Crippen LogP contribution in [0.15, 0.2) is 109 Å². The number of thioether (sulfide) groups is 2. The average molecular weight is 1030 g/mol. The summed E-state index contributed by atoms with van der Waals surface area (Å²) in [6.45, 7) is 7.41. The number of nitrogens with one attached hydrogen (secondary N) is 2. The van der Waals surface area contributed by atoms with E-state index < -0.39 is 24.0 Å². The second kappa shape index (κ2) is 40.7. The number of aliphatic carboxylic acids is 1. The molecule has 0 spiro atoms. The molecule has 4 rings (SSSR count). The Morgan fingerprint density at radius 3 is 1.12 bits per heavy atom. The fourth-order valence-electron chi connectivity index (χ4n) is 8.10. The Balaban J connectivity index is 0.000000380. The summed E-state index contributed by atoms with van der Waals surface area (Å²) in [6, 6.07) is 31.3. The molecule has 0 saturated carbocycles. The van der Waals surface area contributed by atoms with Crippen LogP contribution in [-0.2, 0) is 22.4 Å². The van der Waals surface area contributed by atoms with Gasteiger partial charge < -0.3 is 25.2 Å². The zero-order chi connectivity index (χ0) is 51.7. The molecule has 0 aliphatic heterocycles. The first-order valence-corrected chi connectivity index (χ1v) is 29.5. The van der Waals surface area contributed by atoms with Crippen LogP contribution < -0.4 is 20.1 Å². The zero-order valence-electron chi connectivity index (χ0n) is 44.1. The number of carboxylic acid groups (broad SMARTS) is 1. The van der Waals surface area contributed by atoms with Crippen molar-refractivity contribution in [3.8, 4) is 11.5 Å². The molecule has 9 nitrogen and oxygen atoms in total. The van der Waals surface area contributed by atoms with E-state index in [0.717, 1.165) is 34.1 Å². The first kappa shape index (κ1) is 61.6. The number of rotatable bonds is 40. The number of amides is 2. The lowest BCUT2D eigenvalue weighted by atomic mass is 10.0. The topological polar surface area (TPSA) is 131 Å². The molecule has 72 heavy (non-hydrogen) atoms. The molecule has 2 atom stereocenters. The smallest absolute Gasteiger partial charge is 0.326 e. The SMILES string of the molecule is CCCCCCCCCCCCSCCOc1ccc(CC(NC(=O)c2ccccc2)C(=O)O)cc1.CCCCCCCCCCCCSCCOc1ccc(CC(NC(=O)c2ccccc2)C(C)=O)cc1. The zero-order valence-corrected chi connectivity index (χ0v) is 45.7. The number of carbonyl (C=O) groups excluding carboxylic acids is 3. The fraction of sp³-hybridized carbons (Fsp3) is 0.541. The number of Topliss-reactive ketones (excluding diaryl/α,β-unsaturated/α-hetero) is 1. The number of hydrogen-bond acceptors (Lipinski definition) is 8. The normalized spacial score (nSPS) is 11.7. The number of ether oxygens (including phenoxy) is 2. The standard InChI is InChI=1S/C31H45NO3S.C30H43NO4S/c1-3-4-5-6-7-8-9-10-11-15-23-36-24-22-35-29-20-18-27(19-21-29)25-30(26(2)33)32-31(34)28-16-13-12-14-17-28;1-2-3-4-5-6-7-8-9-10-14-22-36-23-21-35-27-19-17-25(18-20-27)24-28(30(33)34)31-29(32)26-15-12-11-13-16-26/h12-14,16-21,30H,3-11,15,22-25H2,1-2H3,(H,32,34);11-13,15-20,28H,2-10,14,21-24H2,1H3,(H,31,32)(H,33,34). The van der Waals surface area contributed by atoms with Crippen LogP contribution in [0.4, 0.5) is 0 Å². The van der Waals surface area contributed by atoms with Gasteiger partial charge in [0, 0.05) is 29.1 Å². The molecule has 0 radical (unpaired) electrons. The van der Waals surface area contributed by atoms with E-state index in [1.54, 1.807) is 36.4 Å². The minimum atomic E-state index is -1.06. The van der Waals surface area contributed by atoms with Gasteiger partial charge >= 0.3 is 5.97 Å². The van der Waals surface area contributed by atoms with E-state index in [9.17, 15) is 24.3 Å². The van der Waals surface area contributed by atoms with Crippen LogP contribution in [0.5, 0.6) is 11.5 Å². The van der Waals surface area contributed by atoms with E-state index >= 15 is 0 Å². The largest absolute Gasteiger partial charge is 0.493 e. The molecule has 0 aliphatic rings. The van der Waals surface area contributed by atoms with Gasteiger partial charge in [0.05, 0.1) is 19.3 Å². The van der Waals surface area contributed by atoms with Gasteiger partial charge in [0.25, 0.3) is 11.8 Å². The fourth-order valence-corrected chi connectivity index (χ4v) is 9.72. The lowest BCUT2D eigenvalue weighted by molar-refractivity contribution is -0.139. The molecule has 2 amide bonds. The third-order valence-electron chi connectivity index (χ3n) is 12.5. The van der Waals surface area contributed by atoms with Crippen LogP contribution in [0.25, 0.3) is 0 Å². The van der Waals surface area contributed by atoms with E-state index in [2.05, 4.69) is 24.5 Å². The summed E-state index contributed by atoms with van der Waals surface area (Å²) in [5, 5.41) is 15.0. The van der Waals surface area contributed by atoms with Gasteiger partial charge in [-0.05, 0) is 97.3 Å². The molecule has 4 aromatic rings. The molecule has 0 bridgehead atoms. The molecule has 0 heterocycles. The van der Waals surface area contributed by atoms with Crippen molar-refractivity contribution >= 4 is 47.1 Å². The minimum absolute atomic E-state index is 0.0564. The van der Waals surface area contributed by atoms with E-state index in [4.69, 9.17) is 9.47 Å². The number of ketones is 1. The summed E-state index contributed by atoms with van der Waals surface area (Å²) in [4.78, 5) is 48.5. The Morgan fingerprint density at radius 2 is 0.778 bits per heavy atom. The number of carbonyl (C=O) groups is 4. The van der Waals surface area contributed by atoms with E-state index in [1.807, 2.05) is 96.3 Å². The van der Waals surface area contributed by atoms with Gasteiger partial charge in [0.2, 0.25) is 0 Å². The summed E-state index contributed by atoms with van der Waals surface area (Å²) in [5.41, 5.74) is 2.82. The minimum Gasteiger partial charge on any atom is -0.493 e. The summed E-state index contributed by atoms with van der Waals surface area (Å²) < 4.78 is 11.7. The Kier molecular flexibility index (Phi) is 34.8. The molecule has 2 unspecified atom stereocenters. The van der Waals surface area contributed by atoms with Gasteiger partial charge in [-0.2, -0.15) is 23.5 Å². The van der Waals surface area contributed by atoms with E-state index in [1.165, 1.54) is 147 Å². The van der Waals surface area contributed by atoms with Crippen molar-refractivity contribution < 1.29 is 33.8 Å². The van der Waals surface area contributed by atoms with Crippen LogP contribution in [0.3, 0.4) is 0 Å². The first-order chi connectivity index (χ1) is 35.2. The van der Waals surface area contributed by atoms with Crippen molar-refractivity contribution in [2.24, 2.45) is 0 Å². The Hall–Kier alpha value is -4.74. The van der Waals surface area contributed by atoms with Crippen LogP contribution in [0, 0.1) is 0 Å². The Labute approximate surface area is 442 Å². The molecule has 0 saturated heterocycles. The number of hydrogen-bond donors (Lipinski definition) is 3. The van der Waals surface area contributed by atoms with Crippen LogP contribution in [0.2, 0.25) is 0 Å². The number of benzene rings is 4. The molecule has 11 heteroatoms. The maximum Gasteiger partial charge on any atom is 0.326 e. The maximum atomic E-state index is 12.4. The third kappa shape index (κ3) is 29.7. The molecule has 0 aliphatic carbocycles. The van der Waals surface area contributed by atoms with Crippen LogP contribution in [-0.4, -0.2) is 77.0 Å². The van der Waals surface area contributed by atoms with Crippen molar-refractivity contribution in [3.63, 3.8) is 0 Å². The van der Waals surface area contributed by atoms with Crippen LogP contribution in [0.1, 0.15) is 181 Å². The molecule has 3 N–H and O–H groups in total. The molecular weight excluding hydrogens is 937 g/mol. The highest BCUT2D eigenvalue weighted by molar-refractivity contribution is 7.99. The predicted molar refractivity (Wildman–Crippen MR) is 303 cm³/mol. The molecule has 0 fully saturated rings. The summed E-state index contributed by atoms with van der Waals surface area (Å²) >= 11 is 3.90. The molecule has 4 aromatic carbocycles. The van der Waals surface area contributed by atoms with Crippen molar-refractivity contribution in [1.82, 2.24) is 10.6 Å². The highest BCUT2D eigenvalue weighted by atomic mass is 32.2. The molecule has 396 valence electrons. The number of carboxylic acids is 1. The third-order valence-corrected chi connectivity index (χ3v) is 14.5. The second-order valence-corrected chi connectivity index (χ2v) is 21.2. The van der Waals surface area contributed by atoms with Gasteiger partial charge in [-0.1, -0.05) is 190 Å². The summed E-state index contributed by atoms with van der Waals surface area (Å²) in [5.74, 6) is 4.24. The highest BCUT2D eigenvalue weighted by Gasteiger charge is 2.22. The van der Waals surface area contributed by atoms with E-state index in [-0.39, 0.29) is 18.1 Å². The summed E-state index contributed by atoms with van der Waals surface area (Å²) in [6.07, 6.45) is 28.1. The van der Waals surface area contributed by atoms with Crippen molar-refractivity contribution in [1.29, 1.82) is 0 Å². The van der Waals surface area contributed by atoms with Gasteiger partial charge in [0.15, 0.2) is 5.78 Å². The predicted octanol–water partition coefficient (Wildman–Crippen LogP) is 14.8. The Morgan fingerprint density at radius 1 is 0.444 bits per heavy atom. The highest BCUT2D eigenvalue weighted by Crippen LogP contribution is 2.19. The molecule has 0 aromatic heterocycles. The van der Waals surface area contributed by atoms with Gasteiger partial charge in [-0.15, -0.1) is 0 Å². The van der Waals surface area contributed by atoms with Gasteiger partial charge in [-0.3, -0.25) is 14.4 Å². The van der Waals surface area contributed by atoms with Crippen molar-refractivity contribution in [2.45, 2.75) is 174 Å². The van der Waals surface area contributed by atoms with Gasteiger partial charge in [-0.25, -0.2) is 4.79 Å². The van der Waals surface area contributed by atoms with Crippen molar-refractivity contribution in [2.75, 3.05) is 36.2 Å².